The van der Waals surface area contributed by atoms with Crippen LogP contribution in [0.1, 0.15) is 30.0 Å². The largest absolute Gasteiger partial charge is 0.342 e. The second-order valence-corrected chi connectivity index (χ2v) is 6.00. The van der Waals surface area contributed by atoms with E-state index in [1.165, 1.54) is 0 Å². The van der Waals surface area contributed by atoms with E-state index < -0.39 is 0 Å². The highest BCUT2D eigenvalue weighted by molar-refractivity contribution is 7.07. The fourth-order valence-electron chi connectivity index (χ4n) is 2.72. The van der Waals surface area contributed by atoms with Crippen LogP contribution in [0.2, 0.25) is 0 Å². The summed E-state index contributed by atoms with van der Waals surface area (Å²) in [6.07, 6.45) is 4.43. The summed E-state index contributed by atoms with van der Waals surface area (Å²) in [5, 5.41) is 4.08. The van der Waals surface area contributed by atoms with Crippen molar-refractivity contribution in [1.29, 1.82) is 0 Å². The third-order valence-electron chi connectivity index (χ3n) is 3.89. The first-order valence-electron chi connectivity index (χ1n) is 7.03. The zero-order valence-corrected chi connectivity index (χ0v) is 12.2. The number of piperidine rings is 1. The van der Waals surface area contributed by atoms with Crippen LogP contribution in [0.15, 0.2) is 41.2 Å². The van der Waals surface area contributed by atoms with E-state index in [0.717, 1.165) is 37.2 Å². The summed E-state index contributed by atoms with van der Waals surface area (Å²) in [4.78, 5) is 18.7. The number of rotatable bonds is 3. The zero-order valence-electron chi connectivity index (χ0n) is 11.4. The van der Waals surface area contributed by atoms with Gasteiger partial charge < -0.3 is 4.90 Å². The molecule has 104 valence electrons. The molecule has 0 aromatic carbocycles. The van der Waals surface area contributed by atoms with Crippen LogP contribution >= 0.6 is 11.3 Å². The van der Waals surface area contributed by atoms with Crippen LogP contribution in [0, 0.1) is 0 Å². The van der Waals surface area contributed by atoms with E-state index in [1.54, 1.807) is 11.3 Å². The van der Waals surface area contributed by atoms with E-state index in [4.69, 9.17) is 0 Å². The van der Waals surface area contributed by atoms with Gasteiger partial charge in [-0.05, 0) is 47.4 Å². The normalized spacial score (nSPS) is 16.3. The van der Waals surface area contributed by atoms with Crippen molar-refractivity contribution < 1.29 is 4.79 Å². The van der Waals surface area contributed by atoms with Gasteiger partial charge in [-0.3, -0.25) is 9.78 Å². The fraction of sp³-hybridized carbons (Fsp3) is 0.375. The predicted molar refractivity (Wildman–Crippen MR) is 80.8 cm³/mol. The molecule has 3 nitrogen and oxygen atoms in total. The van der Waals surface area contributed by atoms with E-state index in [9.17, 15) is 4.79 Å². The Morgan fingerprint density at radius 1 is 1.30 bits per heavy atom. The number of carbonyl (C=O) groups is 1. The lowest BCUT2D eigenvalue weighted by Gasteiger charge is -2.31. The van der Waals surface area contributed by atoms with Gasteiger partial charge in [-0.15, -0.1) is 0 Å². The Morgan fingerprint density at radius 2 is 2.15 bits per heavy atom. The van der Waals surface area contributed by atoms with Crippen molar-refractivity contribution in [1.82, 2.24) is 9.88 Å². The van der Waals surface area contributed by atoms with Gasteiger partial charge in [0.15, 0.2) is 0 Å². The Kier molecular flexibility index (Phi) is 4.11. The van der Waals surface area contributed by atoms with Crippen LogP contribution in [0.3, 0.4) is 0 Å². The van der Waals surface area contributed by atoms with Gasteiger partial charge >= 0.3 is 0 Å². The molecule has 2 aromatic rings. The van der Waals surface area contributed by atoms with Crippen LogP contribution in [-0.2, 0) is 11.2 Å². The summed E-state index contributed by atoms with van der Waals surface area (Å²) in [5.74, 6) is 0.754. The van der Waals surface area contributed by atoms with Crippen molar-refractivity contribution in [3.05, 3.63) is 52.5 Å². The molecule has 1 saturated heterocycles. The number of nitrogens with zero attached hydrogens (tertiary/aromatic N) is 2. The van der Waals surface area contributed by atoms with E-state index >= 15 is 0 Å². The molecule has 0 bridgehead atoms. The Bertz CT molecular complexity index is 545. The maximum atomic E-state index is 12.2. The highest BCUT2D eigenvalue weighted by Crippen LogP contribution is 2.26. The van der Waals surface area contributed by atoms with Crippen LogP contribution in [-0.4, -0.2) is 28.9 Å². The summed E-state index contributed by atoms with van der Waals surface area (Å²) in [7, 11) is 0. The standard InChI is InChI=1S/C16H18N2OS/c19-16(11-13-6-10-20-12-13)18-8-4-14(5-9-18)15-3-1-2-7-17-15/h1-3,6-7,10,12,14H,4-5,8-9,11H2. The smallest absolute Gasteiger partial charge is 0.227 e. The second kappa shape index (κ2) is 6.18. The highest BCUT2D eigenvalue weighted by Gasteiger charge is 2.24. The minimum Gasteiger partial charge on any atom is -0.342 e. The Hall–Kier alpha value is -1.68. The molecule has 1 fully saturated rings. The van der Waals surface area contributed by atoms with E-state index in [1.807, 2.05) is 34.7 Å². The molecular formula is C16H18N2OS. The first kappa shape index (κ1) is 13.3. The molecule has 3 rings (SSSR count). The van der Waals surface area contributed by atoms with Crippen molar-refractivity contribution >= 4 is 17.2 Å². The quantitative estimate of drug-likeness (QED) is 0.868. The van der Waals surface area contributed by atoms with Gasteiger partial charge in [0.05, 0.1) is 6.42 Å². The van der Waals surface area contributed by atoms with Crippen molar-refractivity contribution in [3.63, 3.8) is 0 Å². The van der Waals surface area contributed by atoms with Crippen LogP contribution in [0.5, 0.6) is 0 Å². The summed E-state index contributed by atoms with van der Waals surface area (Å²) in [5.41, 5.74) is 2.30. The van der Waals surface area contributed by atoms with Crippen LogP contribution in [0.25, 0.3) is 0 Å². The molecule has 1 aliphatic heterocycles. The van der Waals surface area contributed by atoms with Gasteiger partial charge in [-0.1, -0.05) is 6.07 Å². The van der Waals surface area contributed by atoms with E-state index in [2.05, 4.69) is 16.4 Å². The Balaban J connectivity index is 1.54. The number of aromatic nitrogens is 1. The van der Waals surface area contributed by atoms with E-state index in [0.29, 0.717) is 12.3 Å². The van der Waals surface area contributed by atoms with Gasteiger partial charge in [-0.2, -0.15) is 11.3 Å². The summed E-state index contributed by atoms with van der Waals surface area (Å²) in [6, 6.07) is 8.11. The summed E-state index contributed by atoms with van der Waals surface area (Å²) >= 11 is 1.65. The number of hydrogen-bond donors (Lipinski definition) is 0. The Morgan fingerprint density at radius 3 is 2.80 bits per heavy atom. The van der Waals surface area contributed by atoms with Gasteiger partial charge in [0, 0.05) is 30.9 Å². The van der Waals surface area contributed by atoms with Gasteiger partial charge in [0.2, 0.25) is 5.91 Å². The lowest BCUT2D eigenvalue weighted by molar-refractivity contribution is -0.131. The van der Waals surface area contributed by atoms with Crippen LogP contribution < -0.4 is 0 Å². The molecule has 1 amide bonds. The summed E-state index contributed by atoms with van der Waals surface area (Å²) < 4.78 is 0. The molecular weight excluding hydrogens is 268 g/mol. The average Bonchev–Trinajstić information content (AvgIpc) is 3.01. The number of carbonyl (C=O) groups excluding carboxylic acids is 1. The zero-order chi connectivity index (χ0) is 13.8. The molecule has 4 heteroatoms. The first-order valence-corrected chi connectivity index (χ1v) is 7.97. The Labute approximate surface area is 123 Å². The SMILES string of the molecule is O=C(Cc1ccsc1)N1CCC(c2ccccn2)CC1. The average molecular weight is 286 g/mol. The first-order chi connectivity index (χ1) is 9.83. The molecule has 0 spiro atoms. The number of pyridine rings is 1. The van der Waals surface area contributed by atoms with Crippen molar-refractivity contribution in [2.24, 2.45) is 0 Å². The van der Waals surface area contributed by atoms with Crippen molar-refractivity contribution in [3.8, 4) is 0 Å². The molecule has 0 N–H and O–H groups in total. The number of amides is 1. The monoisotopic (exact) mass is 286 g/mol. The molecule has 3 heterocycles. The molecule has 20 heavy (non-hydrogen) atoms. The molecule has 0 saturated carbocycles. The van der Waals surface area contributed by atoms with E-state index in [-0.39, 0.29) is 5.91 Å². The number of likely N-dealkylation sites (tertiary alicyclic amines) is 1. The fourth-order valence-corrected chi connectivity index (χ4v) is 3.39. The molecule has 0 aliphatic carbocycles. The molecule has 0 radical (unpaired) electrons. The maximum Gasteiger partial charge on any atom is 0.227 e. The molecule has 2 aromatic heterocycles. The lowest BCUT2D eigenvalue weighted by Crippen LogP contribution is -2.38. The second-order valence-electron chi connectivity index (χ2n) is 5.22. The molecule has 1 aliphatic rings. The third kappa shape index (κ3) is 3.07. The topological polar surface area (TPSA) is 33.2 Å². The number of thiophene rings is 1. The van der Waals surface area contributed by atoms with Crippen molar-refractivity contribution in [2.45, 2.75) is 25.2 Å². The molecule has 0 unspecified atom stereocenters. The van der Waals surface area contributed by atoms with Gasteiger partial charge in [0.25, 0.3) is 0 Å². The minimum absolute atomic E-state index is 0.253. The number of hydrogen-bond acceptors (Lipinski definition) is 3. The third-order valence-corrected chi connectivity index (χ3v) is 4.62. The van der Waals surface area contributed by atoms with Crippen molar-refractivity contribution in [2.75, 3.05) is 13.1 Å². The lowest BCUT2D eigenvalue weighted by atomic mass is 9.93. The minimum atomic E-state index is 0.253. The van der Waals surface area contributed by atoms with Crippen LogP contribution in [0.4, 0.5) is 0 Å². The van der Waals surface area contributed by atoms with Gasteiger partial charge in [-0.25, -0.2) is 0 Å². The highest BCUT2D eigenvalue weighted by atomic mass is 32.1. The maximum absolute atomic E-state index is 12.2. The predicted octanol–water partition coefficient (Wildman–Crippen LogP) is 3.09. The summed E-state index contributed by atoms with van der Waals surface area (Å²) in [6.45, 7) is 1.70. The molecule has 0 atom stereocenters. The van der Waals surface area contributed by atoms with Gasteiger partial charge in [0.1, 0.15) is 0 Å².